The van der Waals surface area contributed by atoms with Gasteiger partial charge in [-0.2, -0.15) is 5.10 Å². The van der Waals surface area contributed by atoms with Crippen LogP contribution >= 0.6 is 0 Å². The number of benzene rings is 1. The van der Waals surface area contributed by atoms with Crippen molar-refractivity contribution < 1.29 is 9.53 Å². The first kappa shape index (κ1) is 17.6. The molecule has 0 spiro atoms. The number of amides is 1. The van der Waals surface area contributed by atoms with Crippen molar-refractivity contribution in [3.05, 3.63) is 47.3 Å². The number of rotatable bonds is 6. The Kier molecular flexibility index (Phi) is 5.83. The Morgan fingerprint density at radius 1 is 1.36 bits per heavy atom. The molecule has 2 aromatic rings. The minimum absolute atomic E-state index is 0.00342. The summed E-state index contributed by atoms with van der Waals surface area (Å²) in [5, 5.41) is 9.96. The van der Waals surface area contributed by atoms with E-state index in [2.05, 4.69) is 44.7 Å². The number of carbonyl (C=O) groups excluding carboxylic acids is 1. The van der Waals surface area contributed by atoms with Crippen molar-refractivity contribution in [1.29, 1.82) is 0 Å². The van der Waals surface area contributed by atoms with Gasteiger partial charge in [-0.25, -0.2) is 0 Å². The Bertz CT molecular complexity index is 679. The van der Waals surface area contributed by atoms with Gasteiger partial charge in [-0.05, 0) is 32.3 Å². The molecule has 1 aliphatic rings. The number of ether oxygens (including phenoxy) is 1. The molecule has 1 saturated heterocycles. The van der Waals surface area contributed by atoms with Crippen molar-refractivity contribution in [3.8, 4) is 0 Å². The highest BCUT2D eigenvalue weighted by molar-refractivity contribution is 5.93. The second kappa shape index (κ2) is 8.27. The van der Waals surface area contributed by atoms with E-state index in [1.165, 1.54) is 5.56 Å². The molecule has 1 aromatic heterocycles. The van der Waals surface area contributed by atoms with Crippen LogP contribution in [0.3, 0.4) is 0 Å². The zero-order valence-electron chi connectivity index (χ0n) is 14.9. The van der Waals surface area contributed by atoms with Crippen LogP contribution in [0.2, 0.25) is 0 Å². The maximum absolute atomic E-state index is 12.3. The average Bonchev–Trinajstić information content (AvgIpc) is 2.93. The molecule has 6 nitrogen and oxygen atoms in total. The van der Waals surface area contributed by atoms with Crippen molar-refractivity contribution >= 4 is 11.6 Å². The first-order valence-electron chi connectivity index (χ1n) is 8.81. The first-order chi connectivity index (χ1) is 12.1. The van der Waals surface area contributed by atoms with Crippen LogP contribution in [0.4, 0.5) is 5.69 Å². The average molecular weight is 342 g/mol. The quantitative estimate of drug-likeness (QED) is 0.845. The molecule has 1 aliphatic heterocycles. The van der Waals surface area contributed by atoms with Gasteiger partial charge >= 0.3 is 0 Å². The first-order valence-corrected chi connectivity index (χ1v) is 8.81. The van der Waals surface area contributed by atoms with Crippen molar-refractivity contribution in [2.75, 3.05) is 31.6 Å². The summed E-state index contributed by atoms with van der Waals surface area (Å²) in [6.45, 7) is 6.44. The molecule has 134 valence electrons. The number of nitrogens with zero attached hydrogens (tertiary/aromatic N) is 2. The lowest BCUT2D eigenvalue weighted by Gasteiger charge is -2.32. The number of aromatic nitrogens is 2. The van der Waals surface area contributed by atoms with E-state index < -0.39 is 0 Å². The third-order valence-corrected chi connectivity index (χ3v) is 4.58. The van der Waals surface area contributed by atoms with Crippen LogP contribution in [0, 0.1) is 13.8 Å². The fraction of sp³-hybridized carbons (Fsp3) is 0.474. The van der Waals surface area contributed by atoms with Crippen LogP contribution in [0.1, 0.15) is 23.4 Å². The summed E-state index contributed by atoms with van der Waals surface area (Å²) in [6, 6.07) is 10.4. The molecule has 1 atom stereocenters. The Morgan fingerprint density at radius 2 is 2.16 bits per heavy atom. The van der Waals surface area contributed by atoms with E-state index in [4.69, 9.17) is 4.74 Å². The van der Waals surface area contributed by atoms with Gasteiger partial charge in [0.05, 0.1) is 36.3 Å². The summed E-state index contributed by atoms with van der Waals surface area (Å²) in [5.41, 5.74) is 3.81. The molecule has 0 saturated carbocycles. The van der Waals surface area contributed by atoms with Crippen molar-refractivity contribution in [1.82, 2.24) is 15.1 Å². The van der Waals surface area contributed by atoms with Crippen LogP contribution < -0.4 is 5.32 Å². The summed E-state index contributed by atoms with van der Waals surface area (Å²) >= 11 is 0. The van der Waals surface area contributed by atoms with Crippen LogP contribution in [-0.4, -0.2) is 53.3 Å². The fourth-order valence-corrected chi connectivity index (χ4v) is 3.19. The van der Waals surface area contributed by atoms with E-state index in [1.807, 2.05) is 19.9 Å². The number of hydrogen-bond acceptors (Lipinski definition) is 4. The molecule has 3 rings (SSSR count). The number of aromatic amines is 1. The molecule has 1 amide bonds. The van der Waals surface area contributed by atoms with Crippen LogP contribution in [0.15, 0.2) is 30.3 Å². The lowest BCUT2D eigenvalue weighted by Crippen LogP contribution is -2.45. The molecular weight excluding hydrogens is 316 g/mol. The summed E-state index contributed by atoms with van der Waals surface area (Å²) in [6.07, 6.45) is 2.15. The van der Waals surface area contributed by atoms with Gasteiger partial charge in [-0.1, -0.05) is 30.3 Å². The van der Waals surface area contributed by atoms with Gasteiger partial charge in [0.2, 0.25) is 5.91 Å². The number of morpholine rings is 1. The van der Waals surface area contributed by atoms with E-state index in [9.17, 15) is 4.79 Å². The Labute approximate surface area is 148 Å². The number of hydrogen-bond donors (Lipinski definition) is 2. The molecule has 2 N–H and O–H groups in total. The van der Waals surface area contributed by atoms with Crippen molar-refractivity contribution in [2.24, 2.45) is 0 Å². The van der Waals surface area contributed by atoms with Gasteiger partial charge in [-0.3, -0.25) is 14.8 Å². The number of H-pyrrole nitrogens is 1. The highest BCUT2D eigenvalue weighted by Crippen LogP contribution is 2.16. The number of aryl methyl sites for hydroxylation is 3. The predicted octanol–water partition coefficient (Wildman–Crippen LogP) is 2.30. The maximum atomic E-state index is 12.3. The molecule has 0 unspecified atom stereocenters. The van der Waals surface area contributed by atoms with E-state index in [-0.39, 0.29) is 12.0 Å². The van der Waals surface area contributed by atoms with Crippen LogP contribution in [0.5, 0.6) is 0 Å². The Balaban J connectivity index is 1.47. The van der Waals surface area contributed by atoms with Gasteiger partial charge in [0.1, 0.15) is 0 Å². The number of anilines is 1. The van der Waals surface area contributed by atoms with E-state index in [0.717, 1.165) is 43.0 Å². The smallest absolute Gasteiger partial charge is 0.238 e. The lowest BCUT2D eigenvalue weighted by molar-refractivity contribution is -0.119. The molecule has 0 aliphatic carbocycles. The van der Waals surface area contributed by atoms with Gasteiger partial charge in [0.25, 0.3) is 0 Å². The minimum Gasteiger partial charge on any atom is -0.376 e. The molecule has 25 heavy (non-hydrogen) atoms. The minimum atomic E-state index is -0.00342. The topological polar surface area (TPSA) is 70.2 Å². The highest BCUT2D eigenvalue weighted by Gasteiger charge is 2.22. The monoisotopic (exact) mass is 342 g/mol. The molecule has 1 aromatic carbocycles. The largest absolute Gasteiger partial charge is 0.376 e. The number of nitrogens with one attached hydrogen (secondary N) is 2. The standard InChI is InChI=1S/C19H26N4O2/c1-14-19(15(2)22-21-14)20-18(24)13-23-10-11-25-17(12-23)9-8-16-6-4-3-5-7-16/h3-7,17H,8-13H2,1-2H3,(H,20,24)(H,21,22)/t17-/m0/s1. The number of carbonyl (C=O) groups is 1. The maximum Gasteiger partial charge on any atom is 0.238 e. The Morgan fingerprint density at radius 3 is 2.88 bits per heavy atom. The lowest BCUT2D eigenvalue weighted by atomic mass is 10.1. The second-order valence-electron chi connectivity index (χ2n) is 6.61. The predicted molar refractivity (Wildman–Crippen MR) is 97.6 cm³/mol. The van der Waals surface area contributed by atoms with Gasteiger partial charge in [0, 0.05) is 13.1 Å². The third kappa shape index (κ3) is 4.90. The van der Waals surface area contributed by atoms with Gasteiger partial charge in [0.15, 0.2) is 0 Å². The zero-order valence-corrected chi connectivity index (χ0v) is 14.9. The molecule has 0 radical (unpaired) electrons. The van der Waals surface area contributed by atoms with Crippen molar-refractivity contribution in [2.45, 2.75) is 32.8 Å². The molecule has 0 bridgehead atoms. The van der Waals surface area contributed by atoms with E-state index >= 15 is 0 Å². The van der Waals surface area contributed by atoms with E-state index in [1.54, 1.807) is 0 Å². The molecular formula is C19H26N4O2. The highest BCUT2D eigenvalue weighted by atomic mass is 16.5. The van der Waals surface area contributed by atoms with Gasteiger partial charge < -0.3 is 10.1 Å². The zero-order chi connectivity index (χ0) is 17.6. The fourth-order valence-electron chi connectivity index (χ4n) is 3.19. The normalized spacial score (nSPS) is 18.2. The molecule has 6 heteroatoms. The molecule has 1 fully saturated rings. The summed E-state index contributed by atoms with van der Waals surface area (Å²) < 4.78 is 5.87. The van der Waals surface area contributed by atoms with Crippen LogP contribution in [-0.2, 0) is 16.0 Å². The van der Waals surface area contributed by atoms with Crippen molar-refractivity contribution in [3.63, 3.8) is 0 Å². The van der Waals surface area contributed by atoms with Gasteiger partial charge in [-0.15, -0.1) is 0 Å². The summed E-state index contributed by atoms with van der Waals surface area (Å²) in [7, 11) is 0. The second-order valence-corrected chi connectivity index (χ2v) is 6.61. The third-order valence-electron chi connectivity index (χ3n) is 4.58. The summed E-state index contributed by atoms with van der Waals surface area (Å²) in [5.74, 6) is -0.00342. The van der Waals surface area contributed by atoms with E-state index in [0.29, 0.717) is 13.2 Å². The Hall–Kier alpha value is -2.18. The molecule has 2 heterocycles. The summed E-state index contributed by atoms with van der Waals surface area (Å²) in [4.78, 5) is 14.5. The van der Waals surface area contributed by atoms with Crippen LogP contribution in [0.25, 0.3) is 0 Å². The SMILES string of the molecule is Cc1n[nH]c(C)c1NC(=O)CN1CCO[C@@H](CCc2ccccc2)C1.